The maximum atomic E-state index is 12.3. The van der Waals surface area contributed by atoms with Crippen LogP contribution in [0.2, 0.25) is 0 Å². The number of esters is 1. The van der Waals surface area contributed by atoms with Gasteiger partial charge in [-0.2, -0.15) is 0 Å². The first kappa shape index (κ1) is 12.4. The van der Waals surface area contributed by atoms with Crippen molar-refractivity contribution in [3.8, 4) is 0 Å². The summed E-state index contributed by atoms with van der Waals surface area (Å²) < 4.78 is 5.79. The first-order valence-electron chi connectivity index (χ1n) is 6.14. The van der Waals surface area contributed by atoms with Crippen LogP contribution in [0.15, 0.2) is 29.3 Å². The topological polar surface area (TPSA) is 77.0 Å². The maximum absolute atomic E-state index is 12.3. The summed E-state index contributed by atoms with van der Waals surface area (Å²) in [5.41, 5.74) is 2.69. The van der Waals surface area contributed by atoms with Crippen molar-refractivity contribution < 1.29 is 9.53 Å². The van der Waals surface area contributed by atoms with Crippen LogP contribution >= 0.6 is 0 Å². The van der Waals surface area contributed by atoms with Crippen molar-refractivity contribution in [2.24, 2.45) is 0 Å². The smallest absolute Gasteiger partial charge is 0.325 e. The van der Waals surface area contributed by atoms with Gasteiger partial charge in [0.1, 0.15) is 17.6 Å². The number of carbonyl (C=O) groups is 1. The Morgan fingerprint density at radius 1 is 1.45 bits per heavy atom. The molecule has 2 aromatic heterocycles. The number of ether oxygens (including phenoxy) is 1. The van der Waals surface area contributed by atoms with E-state index in [9.17, 15) is 9.59 Å². The van der Waals surface area contributed by atoms with Crippen molar-refractivity contribution in [1.82, 2.24) is 14.5 Å². The van der Waals surface area contributed by atoms with Crippen molar-refractivity contribution in [3.05, 3.63) is 40.4 Å². The van der Waals surface area contributed by atoms with E-state index in [2.05, 4.69) is 14.7 Å². The monoisotopic (exact) mass is 271 g/mol. The molecule has 3 rings (SSSR count). The lowest BCUT2D eigenvalue weighted by molar-refractivity contribution is -0.141. The molecule has 0 saturated carbocycles. The minimum absolute atomic E-state index is 0.146. The molecule has 0 aliphatic heterocycles. The van der Waals surface area contributed by atoms with E-state index in [0.29, 0.717) is 11.0 Å². The Morgan fingerprint density at radius 3 is 3.00 bits per heavy atom. The van der Waals surface area contributed by atoms with Gasteiger partial charge in [0.05, 0.1) is 13.4 Å². The van der Waals surface area contributed by atoms with E-state index in [-0.39, 0.29) is 12.1 Å². The van der Waals surface area contributed by atoms with Gasteiger partial charge in [0, 0.05) is 10.9 Å². The molecule has 3 aromatic rings. The highest BCUT2D eigenvalue weighted by Gasteiger charge is 2.12. The SMILES string of the molecule is COC(=O)Cn1cnc2c([nH]c3cc(C)ccc32)c1=O. The van der Waals surface area contributed by atoms with Crippen LogP contribution in [0.5, 0.6) is 0 Å². The van der Waals surface area contributed by atoms with Gasteiger partial charge in [-0.15, -0.1) is 0 Å². The summed E-state index contributed by atoms with van der Waals surface area (Å²) in [5, 5.41) is 0.896. The van der Waals surface area contributed by atoms with E-state index in [1.807, 2.05) is 25.1 Å². The number of benzene rings is 1. The summed E-state index contributed by atoms with van der Waals surface area (Å²) in [6.45, 7) is 1.83. The van der Waals surface area contributed by atoms with Crippen LogP contribution in [-0.4, -0.2) is 27.6 Å². The molecule has 0 bridgehead atoms. The number of H-pyrrole nitrogens is 1. The molecule has 0 unspecified atom stereocenters. The second kappa shape index (κ2) is 4.48. The Kier molecular flexibility index (Phi) is 2.78. The molecule has 0 aliphatic rings. The number of fused-ring (bicyclic) bond motifs is 3. The molecule has 0 saturated heterocycles. The first-order valence-corrected chi connectivity index (χ1v) is 6.14. The Hall–Kier alpha value is -2.63. The van der Waals surface area contributed by atoms with Crippen LogP contribution in [0.4, 0.5) is 0 Å². The molecule has 1 N–H and O–H groups in total. The van der Waals surface area contributed by atoms with Gasteiger partial charge in [-0.1, -0.05) is 12.1 Å². The molecule has 0 fully saturated rings. The molecular formula is C14H13N3O3. The number of nitrogens with one attached hydrogen (secondary N) is 1. The van der Waals surface area contributed by atoms with E-state index in [4.69, 9.17) is 0 Å². The van der Waals surface area contributed by atoms with E-state index >= 15 is 0 Å². The van der Waals surface area contributed by atoms with Crippen molar-refractivity contribution >= 4 is 27.9 Å². The Morgan fingerprint density at radius 2 is 2.25 bits per heavy atom. The van der Waals surface area contributed by atoms with Gasteiger partial charge in [0.25, 0.3) is 5.56 Å². The van der Waals surface area contributed by atoms with E-state index in [1.54, 1.807) is 0 Å². The fraction of sp³-hybridized carbons (Fsp3) is 0.214. The van der Waals surface area contributed by atoms with Gasteiger partial charge in [0.15, 0.2) is 0 Å². The first-order chi connectivity index (χ1) is 9.60. The van der Waals surface area contributed by atoms with Crippen LogP contribution in [-0.2, 0) is 16.1 Å². The standard InChI is InChI=1S/C14H13N3O3/c1-8-3-4-9-10(5-8)16-13-12(9)15-7-17(14(13)19)6-11(18)20-2/h3-5,7,16H,6H2,1-2H3. The number of aryl methyl sites for hydroxylation is 1. The quantitative estimate of drug-likeness (QED) is 0.714. The normalized spacial score (nSPS) is 11.1. The third-order valence-corrected chi connectivity index (χ3v) is 3.25. The molecule has 6 heteroatoms. The number of hydrogen-bond donors (Lipinski definition) is 1. The molecule has 1 aromatic carbocycles. The van der Waals surface area contributed by atoms with Gasteiger partial charge >= 0.3 is 5.97 Å². The highest BCUT2D eigenvalue weighted by Crippen LogP contribution is 2.22. The number of carbonyl (C=O) groups excluding carboxylic acids is 1. The number of aromatic nitrogens is 3. The lowest BCUT2D eigenvalue weighted by atomic mass is 10.2. The number of hydrogen-bond acceptors (Lipinski definition) is 4. The molecule has 20 heavy (non-hydrogen) atoms. The van der Waals surface area contributed by atoms with Crippen molar-refractivity contribution in [2.75, 3.05) is 7.11 Å². The summed E-state index contributed by atoms with van der Waals surface area (Å²) in [5.74, 6) is -0.486. The van der Waals surface area contributed by atoms with Crippen LogP contribution in [0.3, 0.4) is 0 Å². The molecule has 0 radical (unpaired) electrons. The molecule has 0 amide bonds. The average Bonchev–Trinajstić information content (AvgIpc) is 2.80. The second-order valence-corrected chi connectivity index (χ2v) is 4.65. The van der Waals surface area contributed by atoms with Gasteiger partial charge in [0.2, 0.25) is 0 Å². The molecule has 0 spiro atoms. The number of methoxy groups -OCH3 is 1. The highest BCUT2D eigenvalue weighted by molar-refractivity contribution is 6.04. The number of nitrogens with zero attached hydrogens (tertiary/aromatic N) is 2. The fourth-order valence-corrected chi connectivity index (χ4v) is 2.23. The fourth-order valence-electron chi connectivity index (χ4n) is 2.23. The second-order valence-electron chi connectivity index (χ2n) is 4.65. The van der Waals surface area contributed by atoms with E-state index < -0.39 is 5.97 Å². The van der Waals surface area contributed by atoms with Crippen LogP contribution in [0.25, 0.3) is 21.9 Å². The number of aromatic amines is 1. The summed E-state index contributed by atoms with van der Waals surface area (Å²) >= 11 is 0. The lowest BCUT2D eigenvalue weighted by Crippen LogP contribution is -2.25. The predicted molar refractivity (Wildman–Crippen MR) is 74.6 cm³/mol. The molecular weight excluding hydrogens is 258 g/mol. The zero-order valence-corrected chi connectivity index (χ0v) is 11.1. The third-order valence-electron chi connectivity index (χ3n) is 3.25. The average molecular weight is 271 g/mol. The van der Waals surface area contributed by atoms with E-state index in [1.165, 1.54) is 18.0 Å². The Bertz CT molecular complexity index is 876. The van der Waals surface area contributed by atoms with Crippen molar-refractivity contribution in [3.63, 3.8) is 0 Å². The van der Waals surface area contributed by atoms with Gasteiger partial charge in [-0.05, 0) is 18.6 Å². The molecule has 0 aliphatic carbocycles. The highest BCUT2D eigenvalue weighted by atomic mass is 16.5. The van der Waals surface area contributed by atoms with Gasteiger partial charge in [-0.25, -0.2) is 4.98 Å². The molecule has 6 nitrogen and oxygen atoms in total. The minimum Gasteiger partial charge on any atom is -0.468 e. The maximum Gasteiger partial charge on any atom is 0.325 e. The molecule has 102 valence electrons. The zero-order chi connectivity index (χ0) is 14.3. The van der Waals surface area contributed by atoms with Gasteiger partial charge < -0.3 is 9.72 Å². The minimum atomic E-state index is -0.486. The van der Waals surface area contributed by atoms with Crippen LogP contribution < -0.4 is 5.56 Å². The number of rotatable bonds is 2. The Labute approximate surface area is 114 Å². The van der Waals surface area contributed by atoms with Gasteiger partial charge in [-0.3, -0.25) is 14.2 Å². The summed E-state index contributed by atoms with van der Waals surface area (Å²) in [4.78, 5) is 30.9. The van der Waals surface area contributed by atoms with Crippen LogP contribution in [0.1, 0.15) is 5.56 Å². The summed E-state index contributed by atoms with van der Waals surface area (Å²) in [6.07, 6.45) is 1.37. The predicted octanol–water partition coefficient (Wildman–Crippen LogP) is 1.36. The van der Waals surface area contributed by atoms with Crippen LogP contribution in [0, 0.1) is 6.92 Å². The molecule has 2 heterocycles. The zero-order valence-electron chi connectivity index (χ0n) is 11.1. The lowest BCUT2D eigenvalue weighted by Gasteiger charge is -2.02. The largest absolute Gasteiger partial charge is 0.468 e. The third kappa shape index (κ3) is 1.85. The Balaban J connectivity index is 2.25. The summed E-state index contributed by atoms with van der Waals surface area (Å²) in [7, 11) is 1.28. The van der Waals surface area contributed by atoms with E-state index in [0.717, 1.165) is 16.5 Å². The van der Waals surface area contributed by atoms with Crippen molar-refractivity contribution in [1.29, 1.82) is 0 Å². The van der Waals surface area contributed by atoms with Crippen molar-refractivity contribution in [2.45, 2.75) is 13.5 Å². The molecule has 0 atom stereocenters. The summed E-state index contributed by atoms with van der Waals surface area (Å²) in [6, 6.07) is 5.86.